The molecule has 0 spiro atoms. The fraction of sp³-hybridized carbons (Fsp3) is 0.857. The summed E-state index contributed by atoms with van der Waals surface area (Å²) in [7, 11) is 0. The SMILES string of the molecule is CCCCCCC/C=C\CCCCCCCC(=O)OCCCCCCCCCCCCCCCCC/C=C\C/C=C\CCCCCCCCCCCCCCCCCCCC(=O)NC(COC1OC(CO)C(O)C(O)C1O)C(O)/C=C/CC/C=C/CCCCCCCCCC. The first-order chi connectivity index (χ1) is 46.7. The van der Waals surface area contributed by atoms with Gasteiger partial charge in [-0.1, -0.05) is 344 Å². The highest BCUT2D eigenvalue weighted by molar-refractivity contribution is 5.76. The smallest absolute Gasteiger partial charge is 0.305 e. The Morgan fingerprint density at radius 1 is 0.389 bits per heavy atom. The van der Waals surface area contributed by atoms with Gasteiger partial charge in [0.2, 0.25) is 5.91 Å². The van der Waals surface area contributed by atoms with E-state index < -0.39 is 49.5 Å². The number of hydrogen-bond acceptors (Lipinski definition) is 10. The van der Waals surface area contributed by atoms with E-state index in [1.807, 2.05) is 6.08 Å². The van der Waals surface area contributed by atoms with Crippen molar-refractivity contribution < 1.29 is 49.3 Å². The topological polar surface area (TPSA) is 175 Å². The highest BCUT2D eigenvalue weighted by atomic mass is 16.7. The summed E-state index contributed by atoms with van der Waals surface area (Å²) in [6.45, 7) is 4.36. The van der Waals surface area contributed by atoms with Crippen molar-refractivity contribution in [2.75, 3.05) is 19.8 Å². The lowest BCUT2D eigenvalue weighted by molar-refractivity contribution is -0.302. The summed E-state index contributed by atoms with van der Waals surface area (Å²) < 4.78 is 16.8. The molecule has 1 fully saturated rings. The Hall–Kier alpha value is -2.64. The van der Waals surface area contributed by atoms with Crippen molar-refractivity contribution in [1.82, 2.24) is 5.32 Å². The molecule has 1 amide bonds. The summed E-state index contributed by atoms with van der Waals surface area (Å²) in [4.78, 5) is 25.2. The van der Waals surface area contributed by atoms with Crippen molar-refractivity contribution in [2.24, 2.45) is 0 Å². The number of allylic oxidation sites excluding steroid dienone is 9. The largest absolute Gasteiger partial charge is 0.466 e. The average Bonchev–Trinajstić information content (AvgIpc) is 0.840. The summed E-state index contributed by atoms with van der Waals surface area (Å²) >= 11 is 0. The molecule has 0 radical (unpaired) electrons. The van der Waals surface area contributed by atoms with E-state index in [2.05, 4.69) is 67.8 Å². The number of unbranched alkanes of at least 4 members (excludes halogenated alkanes) is 51. The monoisotopic (exact) mass is 1340 g/mol. The zero-order chi connectivity index (χ0) is 68.6. The van der Waals surface area contributed by atoms with Gasteiger partial charge in [-0.2, -0.15) is 0 Å². The molecule has 1 rings (SSSR count). The maximum absolute atomic E-state index is 13.1. The van der Waals surface area contributed by atoms with E-state index in [4.69, 9.17) is 14.2 Å². The summed E-state index contributed by atoms with van der Waals surface area (Å²) in [6, 6.07) is -0.826. The number of carbonyl (C=O) groups excluding carboxylic acids is 2. The van der Waals surface area contributed by atoms with Crippen LogP contribution in [0.1, 0.15) is 399 Å². The predicted molar refractivity (Wildman–Crippen MR) is 403 cm³/mol. The molecule has 6 N–H and O–H groups in total. The van der Waals surface area contributed by atoms with E-state index in [1.54, 1.807) is 6.08 Å². The quantitative estimate of drug-likeness (QED) is 0.0195. The highest BCUT2D eigenvalue weighted by Gasteiger charge is 2.44. The zero-order valence-corrected chi connectivity index (χ0v) is 62.1. The van der Waals surface area contributed by atoms with Gasteiger partial charge in [-0.15, -0.1) is 0 Å². The lowest BCUT2D eigenvalue weighted by Gasteiger charge is -2.40. The van der Waals surface area contributed by atoms with Crippen LogP contribution >= 0.6 is 0 Å². The number of hydrogen-bond donors (Lipinski definition) is 6. The number of aliphatic hydroxyl groups excluding tert-OH is 5. The molecule has 556 valence electrons. The molecule has 0 aliphatic carbocycles. The highest BCUT2D eigenvalue weighted by Crippen LogP contribution is 2.24. The molecule has 11 nitrogen and oxygen atoms in total. The third-order valence-corrected chi connectivity index (χ3v) is 19.3. The van der Waals surface area contributed by atoms with Gasteiger partial charge in [-0.25, -0.2) is 0 Å². The Morgan fingerprint density at radius 3 is 1.11 bits per heavy atom. The van der Waals surface area contributed by atoms with Crippen LogP contribution in [0, 0.1) is 0 Å². The number of ether oxygens (including phenoxy) is 3. The van der Waals surface area contributed by atoms with Crippen LogP contribution in [-0.2, 0) is 23.8 Å². The van der Waals surface area contributed by atoms with Crippen LogP contribution in [0.3, 0.4) is 0 Å². The van der Waals surface area contributed by atoms with Crippen LogP contribution in [-0.4, -0.2) is 100 Å². The third kappa shape index (κ3) is 61.0. The van der Waals surface area contributed by atoms with Gasteiger partial charge in [-0.3, -0.25) is 9.59 Å². The molecule has 1 heterocycles. The fourth-order valence-electron chi connectivity index (χ4n) is 12.9. The average molecular weight is 1340 g/mol. The van der Waals surface area contributed by atoms with Crippen molar-refractivity contribution in [1.29, 1.82) is 0 Å². The first-order valence-corrected chi connectivity index (χ1v) is 41.1. The third-order valence-electron chi connectivity index (χ3n) is 19.3. The molecule has 0 aromatic heterocycles. The minimum atomic E-state index is -1.58. The van der Waals surface area contributed by atoms with Crippen LogP contribution < -0.4 is 5.32 Å². The van der Waals surface area contributed by atoms with Crippen LogP contribution in [0.5, 0.6) is 0 Å². The molecule has 0 aromatic carbocycles. The maximum Gasteiger partial charge on any atom is 0.305 e. The molecule has 95 heavy (non-hydrogen) atoms. The number of nitrogens with one attached hydrogen (secondary N) is 1. The minimum absolute atomic E-state index is 0.00612. The first-order valence-electron chi connectivity index (χ1n) is 41.1. The minimum Gasteiger partial charge on any atom is -0.466 e. The Morgan fingerprint density at radius 2 is 0.716 bits per heavy atom. The van der Waals surface area contributed by atoms with Crippen LogP contribution in [0.15, 0.2) is 60.8 Å². The molecule has 0 saturated carbocycles. The number of amides is 1. The van der Waals surface area contributed by atoms with Crippen molar-refractivity contribution >= 4 is 11.9 Å². The molecule has 11 heteroatoms. The summed E-state index contributed by atoms with van der Waals surface area (Å²) in [5.74, 6) is -0.181. The zero-order valence-electron chi connectivity index (χ0n) is 62.1. The Labute approximate surface area is 586 Å². The van der Waals surface area contributed by atoms with E-state index >= 15 is 0 Å². The molecule has 1 aliphatic heterocycles. The Bertz CT molecular complexity index is 1770. The lowest BCUT2D eigenvalue weighted by atomic mass is 9.99. The molecule has 1 aliphatic rings. The molecule has 7 unspecified atom stereocenters. The van der Waals surface area contributed by atoms with Crippen LogP contribution in [0.25, 0.3) is 0 Å². The summed E-state index contributed by atoms with van der Waals surface area (Å²) in [6.07, 6.45) is 88.3. The predicted octanol–water partition coefficient (Wildman–Crippen LogP) is 22.4. The molecule has 0 bridgehead atoms. The van der Waals surface area contributed by atoms with Crippen molar-refractivity contribution in [2.45, 2.75) is 442 Å². The molecular weight excluding hydrogens is 1180 g/mol. The van der Waals surface area contributed by atoms with Gasteiger partial charge in [0.1, 0.15) is 24.4 Å². The van der Waals surface area contributed by atoms with E-state index in [0.717, 1.165) is 64.2 Å². The van der Waals surface area contributed by atoms with Crippen molar-refractivity contribution in [3.8, 4) is 0 Å². The lowest BCUT2D eigenvalue weighted by Crippen LogP contribution is -2.60. The second-order valence-electron chi connectivity index (χ2n) is 28.5. The van der Waals surface area contributed by atoms with Crippen molar-refractivity contribution in [3.63, 3.8) is 0 Å². The van der Waals surface area contributed by atoms with Crippen molar-refractivity contribution in [3.05, 3.63) is 60.8 Å². The Balaban J connectivity index is 1.91. The number of carbonyl (C=O) groups is 2. The molecule has 0 aromatic rings. The van der Waals surface area contributed by atoms with Gasteiger partial charge in [0, 0.05) is 12.8 Å². The maximum atomic E-state index is 13.1. The van der Waals surface area contributed by atoms with Gasteiger partial charge < -0.3 is 45.1 Å². The van der Waals surface area contributed by atoms with Gasteiger partial charge in [0.25, 0.3) is 0 Å². The van der Waals surface area contributed by atoms with E-state index in [9.17, 15) is 35.1 Å². The second-order valence-corrected chi connectivity index (χ2v) is 28.5. The summed E-state index contributed by atoms with van der Waals surface area (Å²) in [5, 5.41) is 54.6. The summed E-state index contributed by atoms with van der Waals surface area (Å²) in [5.41, 5.74) is 0. The first kappa shape index (κ1) is 90.4. The van der Waals surface area contributed by atoms with E-state index in [0.29, 0.717) is 19.4 Å². The normalized spacial score (nSPS) is 17.7. The molecule has 1 saturated heterocycles. The second kappa shape index (κ2) is 72.6. The molecular formula is C84H155NO10. The van der Waals surface area contributed by atoms with E-state index in [1.165, 1.54) is 308 Å². The van der Waals surface area contributed by atoms with Crippen LogP contribution in [0.4, 0.5) is 0 Å². The fourth-order valence-corrected chi connectivity index (χ4v) is 12.9. The van der Waals surface area contributed by atoms with Crippen LogP contribution in [0.2, 0.25) is 0 Å². The Kier molecular flexibility index (Phi) is 69.1. The number of rotatable bonds is 73. The standard InChI is InChI=1S/C84H155NO10/c1-3-5-7-9-11-13-15-17-46-50-54-58-62-66-70-77(87)76(75-94-84-83(92)82(91)81(90)78(74-86)95-84)85-79(88)71-67-63-59-55-51-47-44-42-40-38-36-34-32-30-28-26-24-22-20-19-21-23-25-27-29-31-33-35-37-39-41-43-45-49-53-57-61-65-69-73-93-80(89)72-68-64-60-56-52-48-18-16-14-12-10-8-6-4-2/h16,18-20,23,25,50,54,66,70,76-78,81-84,86-87,90-92H,3-15,17,21-22,24,26-49,51-53,55-65,67-69,71-75H2,1-2H3,(H,85,88)/b18-16-,20-19-,25-23-,54-50+,70-66+. The van der Waals surface area contributed by atoms with E-state index in [-0.39, 0.29) is 18.5 Å². The van der Waals surface area contributed by atoms with Gasteiger partial charge in [0.15, 0.2) is 6.29 Å². The number of aliphatic hydroxyl groups is 5. The van der Waals surface area contributed by atoms with Gasteiger partial charge >= 0.3 is 5.97 Å². The molecule has 7 atom stereocenters. The number of esters is 1. The van der Waals surface area contributed by atoms with Gasteiger partial charge in [0.05, 0.1) is 32.0 Å². The van der Waals surface area contributed by atoms with Gasteiger partial charge in [-0.05, 0) is 103 Å².